The molecule has 1 fully saturated rings. The van der Waals surface area contributed by atoms with Crippen LogP contribution in [0, 0.1) is 0 Å². The van der Waals surface area contributed by atoms with Crippen molar-refractivity contribution in [3.05, 3.63) is 60.8 Å². The summed E-state index contributed by atoms with van der Waals surface area (Å²) in [4.78, 5) is 51.3. The first-order chi connectivity index (χ1) is 39.6. The number of carboxylic acid groups (broad SMARTS) is 1. The van der Waals surface area contributed by atoms with Gasteiger partial charge in [0.2, 0.25) is 0 Å². The second-order valence-corrected chi connectivity index (χ2v) is 22.7. The zero-order valence-corrected chi connectivity index (χ0v) is 51.8. The third-order valence-corrected chi connectivity index (χ3v) is 15.1. The first-order valence-electron chi connectivity index (χ1n) is 33.3. The molecule has 468 valence electrons. The lowest BCUT2D eigenvalue weighted by atomic mass is 9.98. The van der Waals surface area contributed by atoms with E-state index in [1.807, 2.05) is 0 Å². The molecule has 0 aromatic heterocycles. The predicted molar refractivity (Wildman–Crippen MR) is 331 cm³/mol. The van der Waals surface area contributed by atoms with Gasteiger partial charge in [-0.3, -0.25) is 14.4 Å². The van der Waals surface area contributed by atoms with Gasteiger partial charge in [0.1, 0.15) is 18.8 Å². The fourth-order valence-electron chi connectivity index (χ4n) is 10.0. The van der Waals surface area contributed by atoms with Gasteiger partial charge in [0, 0.05) is 19.3 Å². The average Bonchev–Trinajstić information content (AvgIpc) is 3.53. The molecule has 1 aliphatic rings. The maximum atomic E-state index is 13.2. The van der Waals surface area contributed by atoms with Gasteiger partial charge in [0.05, 0.1) is 6.61 Å². The number of hydrogen-bond acceptors (Lipinski definition) is 11. The first-order valence-corrected chi connectivity index (χ1v) is 33.3. The van der Waals surface area contributed by atoms with Crippen LogP contribution in [-0.2, 0) is 42.9 Å². The number of unbranched alkanes of at least 4 members (excludes halogenated alkanes) is 33. The molecular formula is C69H120O12. The van der Waals surface area contributed by atoms with Crippen LogP contribution in [0.4, 0.5) is 0 Å². The van der Waals surface area contributed by atoms with Crippen LogP contribution in [0.3, 0.4) is 0 Å². The Kier molecular flexibility index (Phi) is 53.0. The topological polar surface area (TPSA) is 175 Å². The predicted octanol–water partition coefficient (Wildman–Crippen LogP) is 17.9. The van der Waals surface area contributed by atoms with Crippen LogP contribution < -0.4 is 0 Å². The standard InChI is InChI=1S/C69H120O12/c1-4-7-10-13-16-19-22-25-28-30-31-33-35-37-40-43-46-49-52-55-61(70)77-58-60(79-62(71)56-53-50-47-44-41-38-34-27-24-21-18-15-12-9-6-3)59-78-69-67(65(74)64(73)66(81-69)68(75)76)80-63(72)57-54-51-48-45-42-39-36-32-29-26-23-20-17-14-11-8-5-2/h7,10,16,19,25,28,31,33,37,40,60,64-67,69,73-74H,4-6,8-9,11-15,17-18,20-24,26-27,29-30,32,34-36,38-39,41-59H2,1-3H3,(H,75,76)/b10-7-,19-16-,28-25-,33-31-,40-37-. The minimum atomic E-state index is -1.91. The molecule has 1 aliphatic heterocycles. The molecule has 0 aromatic carbocycles. The van der Waals surface area contributed by atoms with Gasteiger partial charge in [-0.2, -0.15) is 0 Å². The summed E-state index contributed by atoms with van der Waals surface area (Å²) in [5.74, 6) is -3.13. The number of aliphatic carboxylic acids is 1. The molecule has 0 radical (unpaired) electrons. The summed E-state index contributed by atoms with van der Waals surface area (Å²) >= 11 is 0. The van der Waals surface area contributed by atoms with Crippen molar-refractivity contribution >= 4 is 23.9 Å². The highest BCUT2D eigenvalue weighted by Crippen LogP contribution is 2.27. The van der Waals surface area contributed by atoms with Crippen LogP contribution in [0.25, 0.3) is 0 Å². The molecule has 3 N–H and O–H groups in total. The number of hydrogen-bond donors (Lipinski definition) is 3. The molecule has 1 saturated heterocycles. The van der Waals surface area contributed by atoms with Gasteiger partial charge in [-0.25, -0.2) is 4.79 Å². The number of aliphatic hydroxyl groups is 2. The Balaban J connectivity index is 2.66. The van der Waals surface area contributed by atoms with Gasteiger partial charge in [-0.05, 0) is 64.2 Å². The zero-order valence-electron chi connectivity index (χ0n) is 51.8. The Hall–Kier alpha value is -3.58. The van der Waals surface area contributed by atoms with Crippen molar-refractivity contribution < 1.29 is 58.2 Å². The van der Waals surface area contributed by atoms with Crippen LogP contribution in [0.1, 0.15) is 303 Å². The normalized spacial score (nSPS) is 18.1. The maximum absolute atomic E-state index is 13.2. The van der Waals surface area contributed by atoms with Gasteiger partial charge >= 0.3 is 23.9 Å². The van der Waals surface area contributed by atoms with E-state index in [0.717, 1.165) is 96.3 Å². The molecule has 81 heavy (non-hydrogen) atoms. The first kappa shape index (κ1) is 75.4. The van der Waals surface area contributed by atoms with Gasteiger partial charge in [0.25, 0.3) is 0 Å². The van der Waals surface area contributed by atoms with E-state index >= 15 is 0 Å². The Morgan fingerprint density at radius 2 is 0.778 bits per heavy atom. The second kappa shape index (κ2) is 56.9. The largest absolute Gasteiger partial charge is 0.479 e. The second-order valence-electron chi connectivity index (χ2n) is 22.7. The van der Waals surface area contributed by atoms with Gasteiger partial charge in [-0.1, -0.05) is 281 Å². The Morgan fingerprint density at radius 1 is 0.420 bits per heavy atom. The number of carbonyl (C=O) groups excluding carboxylic acids is 3. The molecule has 6 atom stereocenters. The van der Waals surface area contributed by atoms with Crippen LogP contribution >= 0.6 is 0 Å². The van der Waals surface area contributed by atoms with E-state index in [1.54, 1.807) is 0 Å². The Morgan fingerprint density at radius 3 is 1.19 bits per heavy atom. The van der Waals surface area contributed by atoms with Crippen molar-refractivity contribution in [1.29, 1.82) is 0 Å². The van der Waals surface area contributed by atoms with Crippen LogP contribution in [0.15, 0.2) is 60.8 Å². The third kappa shape index (κ3) is 46.5. The molecule has 12 nitrogen and oxygen atoms in total. The number of allylic oxidation sites excluding steroid dienone is 10. The molecule has 1 heterocycles. The minimum absolute atomic E-state index is 0.0614. The van der Waals surface area contributed by atoms with Crippen molar-refractivity contribution in [2.24, 2.45) is 0 Å². The van der Waals surface area contributed by atoms with Crippen molar-refractivity contribution in [2.75, 3.05) is 13.2 Å². The van der Waals surface area contributed by atoms with Crippen molar-refractivity contribution in [3.8, 4) is 0 Å². The highest BCUT2D eigenvalue weighted by atomic mass is 16.7. The van der Waals surface area contributed by atoms with Gasteiger partial charge in [-0.15, -0.1) is 0 Å². The molecule has 1 rings (SSSR count). The fraction of sp³-hybridized carbons (Fsp3) is 0.797. The lowest BCUT2D eigenvalue weighted by Gasteiger charge is -2.40. The molecule has 12 heteroatoms. The Labute approximate surface area is 494 Å². The van der Waals surface area contributed by atoms with E-state index in [4.69, 9.17) is 23.7 Å². The highest BCUT2D eigenvalue weighted by molar-refractivity contribution is 5.74. The molecule has 0 spiro atoms. The maximum Gasteiger partial charge on any atom is 0.335 e. The molecule has 0 aliphatic carbocycles. The fourth-order valence-corrected chi connectivity index (χ4v) is 10.0. The lowest BCUT2D eigenvalue weighted by molar-refractivity contribution is -0.301. The summed E-state index contributed by atoms with van der Waals surface area (Å²) in [6.07, 6.45) is 58.9. The van der Waals surface area contributed by atoms with E-state index in [9.17, 15) is 34.5 Å². The number of carbonyl (C=O) groups is 4. The summed E-state index contributed by atoms with van der Waals surface area (Å²) in [6.45, 7) is 5.90. The molecule has 0 aromatic rings. The van der Waals surface area contributed by atoms with Crippen LogP contribution in [-0.4, -0.2) is 89.2 Å². The van der Waals surface area contributed by atoms with Crippen molar-refractivity contribution in [3.63, 3.8) is 0 Å². The molecule has 6 unspecified atom stereocenters. The lowest BCUT2D eigenvalue weighted by Crippen LogP contribution is -2.61. The number of carboxylic acids is 1. The summed E-state index contributed by atoms with van der Waals surface area (Å²) < 4.78 is 28.5. The molecular weight excluding hydrogens is 1020 g/mol. The van der Waals surface area contributed by atoms with Gasteiger partial charge < -0.3 is 39.0 Å². The number of aliphatic hydroxyl groups excluding tert-OH is 2. The summed E-state index contributed by atoms with van der Waals surface area (Å²) in [5.41, 5.74) is 0. The van der Waals surface area contributed by atoms with E-state index in [0.29, 0.717) is 19.3 Å². The minimum Gasteiger partial charge on any atom is -0.479 e. The van der Waals surface area contributed by atoms with Crippen molar-refractivity contribution in [2.45, 2.75) is 340 Å². The smallest absolute Gasteiger partial charge is 0.335 e. The average molecular weight is 1140 g/mol. The highest BCUT2D eigenvalue weighted by Gasteiger charge is 2.50. The molecule has 0 saturated carbocycles. The van der Waals surface area contributed by atoms with Crippen LogP contribution in [0.5, 0.6) is 0 Å². The Bertz CT molecular complexity index is 1640. The van der Waals surface area contributed by atoms with Gasteiger partial charge in [0.15, 0.2) is 24.6 Å². The SMILES string of the molecule is CC/C=C\C/C=C\C/C=C\C/C=C\C/C=C\CCCCCC(=O)OCC(COC1OC(C(=O)O)C(O)C(O)C1OC(=O)CCCCCCCCCCCCCCCCCCC)OC(=O)CCCCCCCCCCCCCCCCC. The van der Waals surface area contributed by atoms with Crippen molar-refractivity contribution in [1.82, 2.24) is 0 Å². The summed E-state index contributed by atoms with van der Waals surface area (Å²) in [7, 11) is 0. The summed E-state index contributed by atoms with van der Waals surface area (Å²) in [6, 6.07) is 0. The van der Waals surface area contributed by atoms with E-state index in [2.05, 4.69) is 81.5 Å². The van der Waals surface area contributed by atoms with E-state index in [-0.39, 0.29) is 25.9 Å². The van der Waals surface area contributed by atoms with E-state index in [1.165, 1.54) is 148 Å². The number of esters is 3. The number of rotatable bonds is 57. The zero-order chi connectivity index (χ0) is 58.9. The van der Waals surface area contributed by atoms with E-state index < -0.39 is 67.3 Å². The summed E-state index contributed by atoms with van der Waals surface area (Å²) in [5, 5.41) is 31.6. The molecule has 0 bridgehead atoms. The third-order valence-electron chi connectivity index (χ3n) is 15.1. The monoisotopic (exact) mass is 1140 g/mol. The van der Waals surface area contributed by atoms with Crippen LogP contribution in [0.2, 0.25) is 0 Å². The molecule has 0 amide bonds. The quantitative estimate of drug-likeness (QED) is 0.0228. The number of ether oxygens (including phenoxy) is 5.